The summed E-state index contributed by atoms with van der Waals surface area (Å²) >= 11 is 0. The summed E-state index contributed by atoms with van der Waals surface area (Å²) in [5, 5.41) is 11.4. The molecule has 0 amide bonds. The summed E-state index contributed by atoms with van der Waals surface area (Å²) in [6, 6.07) is 12.8. The molecule has 0 aromatic heterocycles. The van der Waals surface area contributed by atoms with Crippen molar-refractivity contribution in [2.45, 2.75) is 12.8 Å². The van der Waals surface area contributed by atoms with Gasteiger partial charge in [0.25, 0.3) is 0 Å². The van der Waals surface area contributed by atoms with Crippen LogP contribution in [0, 0.1) is 0 Å². The summed E-state index contributed by atoms with van der Waals surface area (Å²) < 4.78 is 5.84. The van der Waals surface area contributed by atoms with Crippen LogP contribution in [-0.2, 0) is 0 Å². The topological polar surface area (TPSA) is 35.9 Å². The lowest BCUT2D eigenvalue weighted by molar-refractivity contribution is 0.253. The lowest BCUT2D eigenvalue weighted by Crippen LogP contribution is -2.44. The molecular weight excluding hydrogens is 288 g/mol. The van der Waals surface area contributed by atoms with E-state index in [2.05, 4.69) is 47.2 Å². The standard InChI is InChI=1S/C19H26N2O2/c1-20-9-11-21(12-10-20)19-6-4-5-16-7-8-17(15-18(16)19)23-14-3-2-13-22/h4-8,15,22H,2-3,9-14H2,1H3. The molecule has 0 bridgehead atoms. The third-order valence-corrected chi connectivity index (χ3v) is 4.50. The zero-order valence-electron chi connectivity index (χ0n) is 13.9. The van der Waals surface area contributed by atoms with E-state index in [-0.39, 0.29) is 6.61 Å². The maximum Gasteiger partial charge on any atom is 0.120 e. The molecule has 1 N–H and O–H groups in total. The molecule has 1 aliphatic rings. The van der Waals surface area contributed by atoms with Gasteiger partial charge in [0.15, 0.2) is 0 Å². The molecular formula is C19H26N2O2. The molecule has 0 atom stereocenters. The van der Waals surface area contributed by atoms with Crippen molar-refractivity contribution in [2.24, 2.45) is 0 Å². The molecule has 4 heteroatoms. The predicted molar refractivity (Wildman–Crippen MR) is 95.5 cm³/mol. The van der Waals surface area contributed by atoms with E-state index in [0.717, 1.165) is 44.8 Å². The Morgan fingerprint density at radius 2 is 1.87 bits per heavy atom. The summed E-state index contributed by atoms with van der Waals surface area (Å²) in [6.07, 6.45) is 1.68. The predicted octanol–water partition coefficient (Wildman–Crippen LogP) is 2.74. The minimum atomic E-state index is 0.231. The normalized spacial score (nSPS) is 16.0. The number of fused-ring (bicyclic) bond motifs is 1. The molecule has 2 aromatic carbocycles. The number of benzene rings is 2. The van der Waals surface area contributed by atoms with Gasteiger partial charge in [-0.3, -0.25) is 0 Å². The molecule has 124 valence electrons. The van der Waals surface area contributed by atoms with Crippen molar-refractivity contribution >= 4 is 16.5 Å². The highest BCUT2D eigenvalue weighted by atomic mass is 16.5. The van der Waals surface area contributed by atoms with Gasteiger partial charge in [0.05, 0.1) is 6.61 Å². The molecule has 1 fully saturated rings. The van der Waals surface area contributed by atoms with Crippen LogP contribution in [0.2, 0.25) is 0 Å². The molecule has 23 heavy (non-hydrogen) atoms. The van der Waals surface area contributed by atoms with Gasteiger partial charge in [0, 0.05) is 43.9 Å². The zero-order valence-corrected chi connectivity index (χ0v) is 13.9. The Kier molecular flexibility index (Phi) is 5.36. The Morgan fingerprint density at radius 1 is 1.04 bits per heavy atom. The van der Waals surface area contributed by atoms with Gasteiger partial charge in [-0.2, -0.15) is 0 Å². The van der Waals surface area contributed by atoms with Crippen LogP contribution in [0.1, 0.15) is 12.8 Å². The number of aliphatic hydroxyl groups is 1. The molecule has 0 radical (unpaired) electrons. The van der Waals surface area contributed by atoms with Crippen molar-refractivity contribution in [2.75, 3.05) is 51.3 Å². The van der Waals surface area contributed by atoms with Crippen LogP contribution in [0.4, 0.5) is 5.69 Å². The number of nitrogens with zero attached hydrogens (tertiary/aromatic N) is 2. The smallest absolute Gasteiger partial charge is 0.120 e. The van der Waals surface area contributed by atoms with Crippen LogP contribution in [0.15, 0.2) is 36.4 Å². The van der Waals surface area contributed by atoms with Crippen LogP contribution in [0.5, 0.6) is 5.75 Å². The fourth-order valence-electron chi connectivity index (χ4n) is 3.05. The second-order valence-electron chi connectivity index (χ2n) is 6.23. The molecule has 1 aliphatic heterocycles. The molecule has 0 saturated carbocycles. The van der Waals surface area contributed by atoms with Gasteiger partial charge in [-0.1, -0.05) is 18.2 Å². The number of likely N-dealkylation sites (N-methyl/N-ethyl adjacent to an activating group) is 1. The number of anilines is 1. The first-order valence-electron chi connectivity index (χ1n) is 8.48. The van der Waals surface area contributed by atoms with E-state index in [1.165, 1.54) is 16.5 Å². The Bertz CT molecular complexity index is 636. The average Bonchev–Trinajstić information content (AvgIpc) is 2.59. The quantitative estimate of drug-likeness (QED) is 0.832. The molecule has 2 aromatic rings. The van der Waals surface area contributed by atoms with Gasteiger partial charge < -0.3 is 19.6 Å². The van der Waals surface area contributed by atoms with E-state index in [4.69, 9.17) is 9.84 Å². The Hall–Kier alpha value is -1.78. The van der Waals surface area contributed by atoms with Crippen molar-refractivity contribution < 1.29 is 9.84 Å². The van der Waals surface area contributed by atoms with Gasteiger partial charge in [-0.25, -0.2) is 0 Å². The van der Waals surface area contributed by atoms with Crippen molar-refractivity contribution in [1.82, 2.24) is 4.90 Å². The number of piperazine rings is 1. The first-order chi connectivity index (χ1) is 11.3. The van der Waals surface area contributed by atoms with E-state index in [9.17, 15) is 0 Å². The highest BCUT2D eigenvalue weighted by Crippen LogP contribution is 2.30. The average molecular weight is 314 g/mol. The van der Waals surface area contributed by atoms with Gasteiger partial charge >= 0.3 is 0 Å². The fourth-order valence-corrected chi connectivity index (χ4v) is 3.05. The third-order valence-electron chi connectivity index (χ3n) is 4.50. The van der Waals surface area contributed by atoms with Crippen molar-refractivity contribution in [3.63, 3.8) is 0 Å². The van der Waals surface area contributed by atoms with E-state index in [1.54, 1.807) is 0 Å². The minimum Gasteiger partial charge on any atom is -0.494 e. The second-order valence-corrected chi connectivity index (χ2v) is 6.23. The molecule has 3 rings (SSSR count). The van der Waals surface area contributed by atoms with Crippen LogP contribution in [0.25, 0.3) is 10.8 Å². The molecule has 0 spiro atoms. The third kappa shape index (κ3) is 3.95. The van der Waals surface area contributed by atoms with Crippen LogP contribution in [-0.4, -0.2) is 56.4 Å². The van der Waals surface area contributed by atoms with Crippen LogP contribution in [0.3, 0.4) is 0 Å². The summed E-state index contributed by atoms with van der Waals surface area (Å²) in [5.74, 6) is 0.914. The molecule has 1 saturated heterocycles. The van der Waals surface area contributed by atoms with Gasteiger partial charge in [-0.05, 0) is 43.5 Å². The molecule has 0 unspecified atom stereocenters. The maximum absolute atomic E-state index is 8.84. The monoisotopic (exact) mass is 314 g/mol. The van der Waals surface area contributed by atoms with Gasteiger partial charge in [-0.15, -0.1) is 0 Å². The van der Waals surface area contributed by atoms with Crippen molar-refractivity contribution in [3.8, 4) is 5.75 Å². The van der Waals surface area contributed by atoms with Gasteiger partial charge in [0.2, 0.25) is 0 Å². The molecule has 0 aliphatic carbocycles. The number of ether oxygens (including phenoxy) is 1. The maximum atomic E-state index is 8.84. The number of hydrogen-bond acceptors (Lipinski definition) is 4. The number of aliphatic hydroxyl groups excluding tert-OH is 1. The van der Waals surface area contributed by atoms with E-state index in [0.29, 0.717) is 6.61 Å². The number of unbranched alkanes of at least 4 members (excludes halogenated alkanes) is 1. The summed E-state index contributed by atoms with van der Waals surface area (Å²) in [6.45, 7) is 5.23. The largest absolute Gasteiger partial charge is 0.494 e. The lowest BCUT2D eigenvalue weighted by atomic mass is 10.1. The second kappa shape index (κ2) is 7.66. The highest BCUT2D eigenvalue weighted by Gasteiger charge is 2.16. The fraction of sp³-hybridized carbons (Fsp3) is 0.474. The van der Waals surface area contributed by atoms with Gasteiger partial charge in [0.1, 0.15) is 5.75 Å². The Morgan fingerprint density at radius 3 is 2.65 bits per heavy atom. The number of hydrogen-bond donors (Lipinski definition) is 1. The highest BCUT2D eigenvalue weighted by molar-refractivity contribution is 5.95. The number of rotatable bonds is 6. The lowest BCUT2D eigenvalue weighted by Gasteiger charge is -2.34. The first kappa shape index (κ1) is 16.1. The van der Waals surface area contributed by atoms with Crippen LogP contribution < -0.4 is 9.64 Å². The molecule has 4 nitrogen and oxygen atoms in total. The first-order valence-corrected chi connectivity index (χ1v) is 8.48. The van der Waals surface area contributed by atoms with Crippen molar-refractivity contribution in [3.05, 3.63) is 36.4 Å². The zero-order chi connectivity index (χ0) is 16.1. The van der Waals surface area contributed by atoms with E-state index >= 15 is 0 Å². The summed E-state index contributed by atoms with van der Waals surface area (Å²) in [7, 11) is 2.18. The molecule has 1 heterocycles. The van der Waals surface area contributed by atoms with E-state index in [1.807, 2.05) is 6.07 Å². The minimum absolute atomic E-state index is 0.231. The van der Waals surface area contributed by atoms with Crippen molar-refractivity contribution in [1.29, 1.82) is 0 Å². The van der Waals surface area contributed by atoms with E-state index < -0.39 is 0 Å². The Balaban J connectivity index is 1.80. The summed E-state index contributed by atoms with van der Waals surface area (Å²) in [4.78, 5) is 4.84. The summed E-state index contributed by atoms with van der Waals surface area (Å²) in [5.41, 5.74) is 1.30. The Labute approximate surface area is 138 Å². The van der Waals surface area contributed by atoms with Crippen LogP contribution >= 0.6 is 0 Å². The SMILES string of the molecule is CN1CCN(c2cccc3ccc(OCCCCO)cc23)CC1.